The highest BCUT2D eigenvalue weighted by atomic mass is 19.4. The summed E-state index contributed by atoms with van der Waals surface area (Å²) >= 11 is 0. The Morgan fingerprint density at radius 3 is 2.11 bits per heavy atom. The van der Waals surface area contributed by atoms with Crippen molar-refractivity contribution >= 4 is 0 Å². The van der Waals surface area contributed by atoms with Crippen molar-refractivity contribution in [3.05, 3.63) is 29.8 Å². The zero-order chi connectivity index (χ0) is 13.4. The number of alkyl halides is 3. The molecule has 0 radical (unpaired) electrons. The molecule has 0 saturated heterocycles. The van der Waals surface area contributed by atoms with E-state index in [9.17, 15) is 13.2 Å². The maximum Gasteiger partial charge on any atom is 0.573 e. The van der Waals surface area contributed by atoms with Gasteiger partial charge >= 0.3 is 6.36 Å². The Kier molecular flexibility index (Phi) is 3.27. The van der Waals surface area contributed by atoms with Crippen molar-refractivity contribution in [1.82, 2.24) is 0 Å². The molecular weight excluding hydrogens is 245 g/mol. The topological polar surface area (TPSA) is 18.5 Å². The Bertz CT molecular complexity index is 405. The molecule has 0 spiro atoms. The maximum atomic E-state index is 12.0. The molecule has 1 aliphatic rings. The molecule has 2 nitrogen and oxygen atoms in total. The van der Waals surface area contributed by atoms with Crippen LogP contribution in [0.4, 0.5) is 13.2 Å². The van der Waals surface area contributed by atoms with Gasteiger partial charge < -0.3 is 9.47 Å². The lowest BCUT2D eigenvalue weighted by Crippen LogP contribution is -2.41. The minimum Gasteiger partial charge on any atom is -0.406 e. The SMILES string of the molecule is COC1(c2ccc(OC(F)(F)F)cc2)CC(C)C1. The minimum absolute atomic E-state index is 0.204. The molecule has 18 heavy (non-hydrogen) atoms. The maximum absolute atomic E-state index is 12.0. The molecule has 0 aliphatic heterocycles. The van der Waals surface area contributed by atoms with Gasteiger partial charge in [0.15, 0.2) is 0 Å². The monoisotopic (exact) mass is 260 g/mol. The fourth-order valence-corrected chi connectivity index (χ4v) is 2.55. The summed E-state index contributed by atoms with van der Waals surface area (Å²) in [7, 11) is 1.63. The van der Waals surface area contributed by atoms with Crippen molar-refractivity contribution in [2.24, 2.45) is 5.92 Å². The lowest BCUT2D eigenvalue weighted by atomic mass is 9.68. The highest BCUT2D eigenvalue weighted by Crippen LogP contribution is 2.48. The van der Waals surface area contributed by atoms with Gasteiger partial charge in [-0.25, -0.2) is 0 Å². The van der Waals surface area contributed by atoms with E-state index in [-0.39, 0.29) is 11.4 Å². The Morgan fingerprint density at radius 2 is 1.72 bits per heavy atom. The van der Waals surface area contributed by atoms with E-state index in [0.717, 1.165) is 18.4 Å². The summed E-state index contributed by atoms with van der Waals surface area (Å²) in [6.45, 7) is 2.12. The van der Waals surface area contributed by atoms with Crippen LogP contribution >= 0.6 is 0 Å². The Labute approximate surface area is 104 Å². The van der Waals surface area contributed by atoms with Gasteiger partial charge in [0, 0.05) is 7.11 Å². The van der Waals surface area contributed by atoms with Gasteiger partial charge in [0.2, 0.25) is 0 Å². The summed E-state index contributed by atoms with van der Waals surface area (Å²) in [5.74, 6) is 0.376. The zero-order valence-electron chi connectivity index (χ0n) is 10.3. The van der Waals surface area contributed by atoms with Crippen LogP contribution in [0.25, 0.3) is 0 Å². The number of hydrogen-bond donors (Lipinski definition) is 0. The van der Waals surface area contributed by atoms with Gasteiger partial charge in [-0.2, -0.15) is 0 Å². The molecule has 0 bridgehead atoms. The number of rotatable bonds is 3. The van der Waals surface area contributed by atoms with Crippen LogP contribution < -0.4 is 4.74 Å². The van der Waals surface area contributed by atoms with E-state index in [1.165, 1.54) is 12.1 Å². The summed E-state index contributed by atoms with van der Waals surface area (Å²) in [5, 5.41) is 0. The van der Waals surface area contributed by atoms with Crippen LogP contribution in [0.5, 0.6) is 5.75 Å². The quantitative estimate of drug-likeness (QED) is 0.821. The van der Waals surface area contributed by atoms with Gasteiger partial charge in [0.05, 0.1) is 5.60 Å². The molecule has 0 N–H and O–H groups in total. The molecule has 100 valence electrons. The van der Waals surface area contributed by atoms with Crippen molar-refractivity contribution in [3.8, 4) is 5.75 Å². The number of hydrogen-bond acceptors (Lipinski definition) is 2. The van der Waals surface area contributed by atoms with Gasteiger partial charge in [-0.3, -0.25) is 0 Å². The normalized spacial score (nSPS) is 27.7. The van der Waals surface area contributed by atoms with E-state index >= 15 is 0 Å². The molecule has 1 saturated carbocycles. The van der Waals surface area contributed by atoms with Crippen LogP contribution in [0.2, 0.25) is 0 Å². The molecule has 0 heterocycles. The first-order valence-corrected chi connectivity index (χ1v) is 5.76. The first kappa shape index (κ1) is 13.2. The van der Waals surface area contributed by atoms with Crippen molar-refractivity contribution < 1.29 is 22.6 Å². The molecule has 0 unspecified atom stereocenters. The van der Waals surface area contributed by atoms with Gasteiger partial charge in [-0.15, -0.1) is 13.2 Å². The first-order chi connectivity index (χ1) is 8.35. The predicted molar refractivity (Wildman–Crippen MR) is 60.2 cm³/mol. The van der Waals surface area contributed by atoms with Crippen molar-refractivity contribution in [1.29, 1.82) is 0 Å². The molecule has 1 fully saturated rings. The van der Waals surface area contributed by atoms with Crippen LogP contribution in [0, 0.1) is 5.92 Å². The third kappa shape index (κ3) is 2.61. The second kappa shape index (κ2) is 4.46. The van der Waals surface area contributed by atoms with E-state index in [1.54, 1.807) is 19.2 Å². The van der Waals surface area contributed by atoms with E-state index < -0.39 is 6.36 Å². The number of ether oxygens (including phenoxy) is 2. The average molecular weight is 260 g/mol. The van der Waals surface area contributed by atoms with Crippen molar-refractivity contribution in [2.45, 2.75) is 31.7 Å². The lowest BCUT2D eigenvalue weighted by molar-refractivity contribution is -0.274. The highest BCUT2D eigenvalue weighted by Gasteiger charge is 2.43. The highest BCUT2D eigenvalue weighted by molar-refractivity contribution is 5.32. The number of methoxy groups -OCH3 is 1. The summed E-state index contributed by atoms with van der Waals surface area (Å²) < 4.78 is 45.4. The second-order valence-electron chi connectivity index (χ2n) is 4.78. The Balaban J connectivity index is 2.12. The van der Waals surface area contributed by atoms with Crippen LogP contribution in [0.15, 0.2) is 24.3 Å². The molecule has 1 aliphatic carbocycles. The Hall–Kier alpha value is -1.23. The molecule has 0 amide bonds. The summed E-state index contributed by atoms with van der Waals surface area (Å²) in [6, 6.07) is 5.92. The van der Waals surface area contributed by atoms with Crippen molar-refractivity contribution in [3.63, 3.8) is 0 Å². The van der Waals surface area contributed by atoms with Gasteiger partial charge in [0.25, 0.3) is 0 Å². The van der Waals surface area contributed by atoms with Crippen LogP contribution in [-0.2, 0) is 10.3 Å². The van der Waals surface area contributed by atoms with Gasteiger partial charge in [0.1, 0.15) is 5.75 Å². The molecule has 5 heteroatoms. The van der Waals surface area contributed by atoms with Crippen LogP contribution in [-0.4, -0.2) is 13.5 Å². The second-order valence-corrected chi connectivity index (χ2v) is 4.78. The zero-order valence-corrected chi connectivity index (χ0v) is 10.3. The molecule has 0 atom stereocenters. The predicted octanol–water partition coefficient (Wildman–Crippen LogP) is 3.86. The largest absolute Gasteiger partial charge is 0.573 e. The third-order valence-corrected chi connectivity index (χ3v) is 3.36. The molecule has 2 rings (SSSR count). The molecule has 1 aromatic rings. The van der Waals surface area contributed by atoms with E-state index in [2.05, 4.69) is 11.7 Å². The summed E-state index contributed by atoms with van der Waals surface area (Å²) in [6.07, 6.45) is -2.86. The Morgan fingerprint density at radius 1 is 1.17 bits per heavy atom. The standard InChI is InChI=1S/C13H15F3O2/c1-9-7-12(8-9,17-2)10-3-5-11(6-4-10)18-13(14,15)16/h3-6,9H,7-8H2,1-2H3. The first-order valence-electron chi connectivity index (χ1n) is 5.76. The van der Waals surface area contributed by atoms with Crippen molar-refractivity contribution in [2.75, 3.05) is 7.11 Å². The number of benzene rings is 1. The smallest absolute Gasteiger partial charge is 0.406 e. The summed E-state index contributed by atoms with van der Waals surface area (Å²) in [4.78, 5) is 0. The number of halogens is 3. The average Bonchev–Trinajstić information content (AvgIpc) is 2.23. The minimum atomic E-state index is -4.65. The molecule has 1 aromatic carbocycles. The van der Waals surface area contributed by atoms with Crippen LogP contribution in [0.3, 0.4) is 0 Å². The fourth-order valence-electron chi connectivity index (χ4n) is 2.55. The van der Waals surface area contributed by atoms with Gasteiger partial charge in [-0.1, -0.05) is 19.1 Å². The fraction of sp³-hybridized carbons (Fsp3) is 0.538. The van der Waals surface area contributed by atoms with E-state index in [4.69, 9.17) is 4.74 Å². The van der Waals surface area contributed by atoms with E-state index in [1.807, 2.05) is 0 Å². The molecule has 0 aromatic heterocycles. The third-order valence-electron chi connectivity index (χ3n) is 3.36. The van der Waals surface area contributed by atoms with E-state index in [0.29, 0.717) is 5.92 Å². The van der Waals surface area contributed by atoms with Crippen LogP contribution in [0.1, 0.15) is 25.3 Å². The lowest BCUT2D eigenvalue weighted by Gasteiger charge is -2.45. The summed E-state index contributed by atoms with van der Waals surface area (Å²) in [5.41, 5.74) is 0.563. The molecular formula is C13H15F3O2. The van der Waals surface area contributed by atoms with Gasteiger partial charge in [-0.05, 0) is 36.5 Å².